The number of nitrogens with zero attached hydrogens (tertiary/aromatic N) is 2. The molecule has 2 fully saturated rings. The van der Waals surface area contributed by atoms with E-state index in [4.69, 9.17) is 16.3 Å². The highest BCUT2D eigenvalue weighted by atomic mass is 35.5. The zero-order valence-corrected chi connectivity index (χ0v) is 19.1. The molecule has 0 amide bonds. The maximum atomic E-state index is 13.0. The Labute approximate surface area is 180 Å². The molecule has 0 aliphatic carbocycles. The number of hydrogen-bond donors (Lipinski definition) is 0. The van der Waals surface area contributed by atoms with E-state index in [1.807, 2.05) is 18.2 Å². The molecule has 162 valence electrons. The molecule has 7 heteroatoms. The summed E-state index contributed by atoms with van der Waals surface area (Å²) in [5.74, 6) is 1.94. The summed E-state index contributed by atoms with van der Waals surface area (Å²) in [4.78, 5) is 2.58. The summed E-state index contributed by atoms with van der Waals surface area (Å²) in [6, 6.07) is 6.89. The third-order valence-corrected chi connectivity index (χ3v) is 8.89. The molecule has 2 saturated heterocycles. The fourth-order valence-electron chi connectivity index (χ4n) is 5.44. The second-order valence-electron chi connectivity index (χ2n) is 8.96. The minimum absolute atomic E-state index is 0.114. The molecule has 1 aromatic carbocycles. The average molecular weight is 441 g/mol. The Kier molecular flexibility index (Phi) is 6.45. The predicted molar refractivity (Wildman–Crippen MR) is 117 cm³/mol. The lowest BCUT2D eigenvalue weighted by molar-refractivity contribution is 0.0219. The van der Waals surface area contributed by atoms with Crippen molar-refractivity contribution in [2.24, 2.45) is 5.92 Å². The topological polar surface area (TPSA) is 49.9 Å². The smallest absolute Gasteiger partial charge is 0.214 e. The normalized spacial score (nSPS) is 27.9. The summed E-state index contributed by atoms with van der Waals surface area (Å²) < 4.78 is 33.7. The molecule has 0 bridgehead atoms. The molecule has 4 rings (SSSR count). The van der Waals surface area contributed by atoms with Gasteiger partial charge in [-0.15, -0.1) is 11.6 Å². The molecular weight excluding hydrogens is 408 g/mol. The van der Waals surface area contributed by atoms with Crippen molar-refractivity contribution in [1.29, 1.82) is 0 Å². The number of sulfonamides is 1. The van der Waals surface area contributed by atoms with Crippen LogP contribution in [-0.4, -0.2) is 61.0 Å². The van der Waals surface area contributed by atoms with Crippen LogP contribution in [0.1, 0.15) is 56.7 Å². The number of ether oxygens (including phenoxy) is 1. The van der Waals surface area contributed by atoms with Gasteiger partial charge in [0.15, 0.2) is 0 Å². The van der Waals surface area contributed by atoms with E-state index in [-0.39, 0.29) is 17.9 Å². The third-order valence-electron chi connectivity index (χ3n) is 6.65. The highest BCUT2D eigenvalue weighted by Gasteiger charge is 2.45. The molecular formula is C22H33ClN2O3S. The Morgan fingerprint density at radius 3 is 2.86 bits per heavy atom. The van der Waals surface area contributed by atoms with Gasteiger partial charge in [-0.3, -0.25) is 4.90 Å². The standard InChI is InChI=1S/C22H33ClN2O3S/c1-16(2)28-19-6-7-20-17(13-19)8-11-24-15-18-5-3-10-25(21(18)14-22(20)24)29(26,27)12-4-9-23/h6-7,13,16,18,21-22H,3-5,8-12,14-15H2,1-2H3/t18-,21+,22+/m1/s1. The van der Waals surface area contributed by atoms with Crippen molar-refractivity contribution < 1.29 is 13.2 Å². The molecule has 0 N–H and O–H groups in total. The zero-order valence-electron chi connectivity index (χ0n) is 17.5. The second kappa shape index (κ2) is 8.74. The maximum absolute atomic E-state index is 13.0. The molecule has 5 nitrogen and oxygen atoms in total. The Balaban J connectivity index is 1.58. The van der Waals surface area contributed by atoms with Crippen LogP contribution in [0.4, 0.5) is 0 Å². The lowest BCUT2D eigenvalue weighted by Gasteiger charge is -2.51. The van der Waals surface area contributed by atoms with Crippen LogP contribution in [0.15, 0.2) is 18.2 Å². The van der Waals surface area contributed by atoms with E-state index >= 15 is 0 Å². The van der Waals surface area contributed by atoms with Gasteiger partial charge in [-0.2, -0.15) is 4.31 Å². The van der Waals surface area contributed by atoms with Crippen LogP contribution >= 0.6 is 11.6 Å². The molecule has 0 saturated carbocycles. The quantitative estimate of drug-likeness (QED) is 0.631. The van der Waals surface area contributed by atoms with Gasteiger partial charge in [0, 0.05) is 37.6 Å². The fraction of sp³-hybridized carbons (Fsp3) is 0.727. The van der Waals surface area contributed by atoms with Crippen molar-refractivity contribution >= 4 is 21.6 Å². The van der Waals surface area contributed by atoms with Gasteiger partial charge in [0.2, 0.25) is 10.0 Å². The highest BCUT2D eigenvalue weighted by molar-refractivity contribution is 7.89. The first-order valence-electron chi connectivity index (χ1n) is 11.0. The van der Waals surface area contributed by atoms with Crippen LogP contribution in [0.5, 0.6) is 5.75 Å². The number of piperidine rings is 2. The van der Waals surface area contributed by atoms with Crippen LogP contribution in [0.25, 0.3) is 0 Å². The Morgan fingerprint density at radius 2 is 2.10 bits per heavy atom. The molecule has 3 aliphatic heterocycles. The zero-order chi connectivity index (χ0) is 20.6. The first-order chi connectivity index (χ1) is 13.9. The molecule has 0 radical (unpaired) electrons. The van der Waals surface area contributed by atoms with Crippen LogP contribution in [-0.2, 0) is 16.4 Å². The van der Waals surface area contributed by atoms with Crippen molar-refractivity contribution in [2.45, 2.75) is 64.1 Å². The number of fused-ring (bicyclic) bond motifs is 4. The summed E-state index contributed by atoms with van der Waals surface area (Å²) in [6.45, 7) is 6.80. The maximum Gasteiger partial charge on any atom is 0.214 e. The lowest BCUT2D eigenvalue weighted by Crippen LogP contribution is -2.57. The summed E-state index contributed by atoms with van der Waals surface area (Å²) in [5, 5.41) is 0. The van der Waals surface area contributed by atoms with E-state index in [0.717, 1.165) is 44.5 Å². The summed E-state index contributed by atoms with van der Waals surface area (Å²) >= 11 is 5.78. The SMILES string of the molecule is CC(C)Oc1ccc2c(c1)CCN1C[C@H]3CCCN(S(=O)(=O)CCCCl)[C@H]3C[C@@H]21. The number of benzene rings is 1. The van der Waals surface area contributed by atoms with Gasteiger partial charge in [0.05, 0.1) is 11.9 Å². The predicted octanol–water partition coefficient (Wildman–Crippen LogP) is 3.82. The average Bonchev–Trinajstić information content (AvgIpc) is 2.69. The molecule has 3 heterocycles. The number of rotatable bonds is 6. The Hall–Kier alpha value is -0.820. The van der Waals surface area contributed by atoms with E-state index < -0.39 is 10.0 Å². The van der Waals surface area contributed by atoms with Gasteiger partial charge >= 0.3 is 0 Å². The molecule has 1 aromatic rings. The minimum Gasteiger partial charge on any atom is -0.491 e. The van der Waals surface area contributed by atoms with E-state index in [0.29, 0.717) is 30.8 Å². The van der Waals surface area contributed by atoms with Gasteiger partial charge in [0.1, 0.15) is 5.75 Å². The Bertz CT molecular complexity index is 829. The molecule has 29 heavy (non-hydrogen) atoms. The second-order valence-corrected chi connectivity index (χ2v) is 11.4. The number of alkyl halides is 1. The third kappa shape index (κ3) is 4.46. The van der Waals surface area contributed by atoms with Crippen molar-refractivity contribution in [1.82, 2.24) is 9.21 Å². The van der Waals surface area contributed by atoms with E-state index in [1.165, 1.54) is 11.1 Å². The number of halogens is 1. The van der Waals surface area contributed by atoms with Crippen molar-refractivity contribution in [3.8, 4) is 5.75 Å². The molecule has 0 unspecified atom stereocenters. The van der Waals surface area contributed by atoms with Gasteiger partial charge in [0.25, 0.3) is 0 Å². The fourth-order valence-corrected chi connectivity index (χ4v) is 7.55. The van der Waals surface area contributed by atoms with Crippen LogP contribution in [0, 0.1) is 5.92 Å². The highest BCUT2D eigenvalue weighted by Crippen LogP contribution is 2.44. The van der Waals surface area contributed by atoms with Gasteiger partial charge < -0.3 is 4.74 Å². The van der Waals surface area contributed by atoms with Gasteiger partial charge in [-0.05, 0) is 75.1 Å². The Morgan fingerprint density at radius 1 is 1.28 bits per heavy atom. The van der Waals surface area contributed by atoms with Crippen molar-refractivity contribution in [3.63, 3.8) is 0 Å². The lowest BCUT2D eigenvalue weighted by atomic mass is 9.77. The minimum atomic E-state index is -3.24. The van der Waals surface area contributed by atoms with E-state index in [2.05, 4.69) is 23.1 Å². The monoisotopic (exact) mass is 440 g/mol. The van der Waals surface area contributed by atoms with Crippen LogP contribution in [0.3, 0.4) is 0 Å². The molecule has 0 aromatic heterocycles. The largest absolute Gasteiger partial charge is 0.491 e. The van der Waals surface area contributed by atoms with Crippen molar-refractivity contribution in [3.05, 3.63) is 29.3 Å². The summed E-state index contributed by atoms with van der Waals surface area (Å²) in [6.07, 6.45) is 4.71. The van der Waals surface area contributed by atoms with Crippen molar-refractivity contribution in [2.75, 3.05) is 31.3 Å². The first-order valence-corrected chi connectivity index (χ1v) is 13.1. The molecule has 0 spiro atoms. The number of hydrogen-bond acceptors (Lipinski definition) is 4. The van der Waals surface area contributed by atoms with Crippen LogP contribution in [0.2, 0.25) is 0 Å². The van der Waals surface area contributed by atoms with Gasteiger partial charge in [-0.25, -0.2) is 8.42 Å². The van der Waals surface area contributed by atoms with E-state index in [1.54, 1.807) is 0 Å². The molecule has 3 atom stereocenters. The summed E-state index contributed by atoms with van der Waals surface area (Å²) in [5.41, 5.74) is 2.71. The first kappa shape index (κ1) is 21.4. The molecule has 3 aliphatic rings. The van der Waals surface area contributed by atoms with Crippen LogP contribution < -0.4 is 4.74 Å². The van der Waals surface area contributed by atoms with Gasteiger partial charge in [-0.1, -0.05) is 6.07 Å². The summed E-state index contributed by atoms with van der Waals surface area (Å²) in [7, 11) is -3.24. The van der Waals surface area contributed by atoms with E-state index in [9.17, 15) is 8.42 Å².